The van der Waals surface area contributed by atoms with Gasteiger partial charge in [0, 0.05) is 50.6 Å². The van der Waals surface area contributed by atoms with Crippen LogP contribution in [0.15, 0.2) is 48.5 Å². The van der Waals surface area contributed by atoms with E-state index in [-0.39, 0.29) is 25.2 Å². The van der Waals surface area contributed by atoms with Crippen LogP contribution in [-0.2, 0) is 28.4 Å². The minimum atomic E-state index is -0.379. The molecule has 1 saturated heterocycles. The van der Waals surface area contributed by atoms with Gasteiger partial charge in [-0.15, -0.1) is 0 Å². The van der Waals surface area contributed by atoms with Gasteiger partial charge in [-0.2, -0.15) is 0 Å². The molecule has 0 unspecified atom stereocenters. The van der Waals surface area contributed by atoms with Crippen LogP contribution < -0.4 is 11.5 Å². The summed E-state index contributed by atoms with van der Waals surface area (Å²) >= 11 is 0. The van der Waals surface area contributed by atoms with Gasteiger partial charge < -0.3 is 39.9 Å². The molecular formula is C30H44N4O8. The third-order valence-electron chi connectivity index (χ3n) is 6.53. The van der Waals surface area contributed by atoms with Gasteiger partial charge in [0.15, 0.2) is 0 Å². The molecule has 0 atom stereocenters. The van der Waals surface area contributed by atoms with E-state index in [1.54, 1.807) is 48.5 Å². The van der Waals surface area contributed by atoms with Crippen molar-refractivity contribution < 1.29 is 38.0 Å². The Hall–Kier alpha value is -3.26. The molecule has 0 radical (unpaired) electrons. The van der Waals surface area contributed by atoms with Crippen LogP contribution >= 0.6 is 0 Å². The molecule has 1 aliphatic heterocycles. The summed E-state index contributed by atoms with van der Waals surface area (Å²) in [4.78, 5) is 28.8. The molecule has 1 heterocycles. The number of nitrogens with two attached hydrogens (primary N) is 2. The van der Waals surface area contributed by atoms with Crippen molar-refractivity contribution in [3.8, 4) is 0 Å². The molecule has 232 valence electrons. The van der Waals surface area contributed by atoms with Gasteiger partial charge in [0.1, 0.15) is 13.2 Å². The molecule has 0 bridgehead atoms. The topological polar surface area (TPSA) is 148 Å². The van der Waals surface area contributed by atoms with E-state index in [0.29, 0.717) is 115 Å². The molecule has 0 aliphatic carbocycles. The Kier molecular flexibility index (Phi) is 15.7. The lowest BCUT2D eigenvalue weighted by Crippen LogP contribution is -2.36. The SMILES string of the molecule is Nc1ccc(C(=O)OCCN2CCOCCOCCN(CCOC(=O)c3ccc(N)cc3)CCOCCOCC2)cc1. The van der Waals surface area contributed by atoms with Crippen LogP contribution in [0.2, 0.25) is 0 Å². The fourth-order valence-electron chi connectivity index (χ4n) is 4.03. The predicted octanol–water partition coefficient (Wildman–Crippen LogP) is 1.55. The highest BCUT2D eigenvalue weighted by atomic mass is 16.5. The van der Waals surface area contributed by atoms with Crippen molar-refractivity contribution in [1.29, 1.82) is 0 Å². The number of esters is 2. The summed E-state index contributed by atoms with van der Waals surface area (Å²) in [7, 11) is 0. The minimum absolute atomic E-state index is 0.256. The van der Waals surface area contributed by atoms with Gasteiger partial charge in [0.25, 0.3) is 0 Å². The van der Waals surface area contributed by atoms with Crippen LogP contribution in [0.3, 0.4) is 0 Å². The predicted molar refractivity (Wildman–Crippen MR) is 158 cm³/mol. The second kappa shape index (κ2) is 19.8. The molecule has 12 heteroatoms. The van der Waals surface area contributed by atoms with Crippen LogP contribution in [0.1, 0.15) is 20.7 Å². The van der Waals surface area contributed by atoms with Crippen molar-refractivity contribution in [2.75, 3.05) is 117 Å². The maximum absolute atomic E-state index is 12.3. The number of benzene rings is 2. The number of carbonyl (C=O) groups is 2. The third kappa shape index (κ3) is 13.6. The zero-order valence-corrected chi connectivity index (χ0v) is 24.2. The van der Waals surface area contributed by atoms with Crippen molar-refractivity contribution in [3.05, 3.63) is 59.7 Å². The Labute approximate surface area is 247 Å². The molecule has 2 aromatic rings. The van der Waals surface area contributed by atoms with Gasteiger partial charge >= 0.3 is 11.9 Å². The number of rotatable bonds is 8. The maximum Gasteiger partial charge on any atom is 0.338 e. The standard InChI is InChI=1S/C30H44N4O8/c31-27-5-1-25(2-6-27)29(35)41-19-13-33-9-15-37-21-23-39-17-11-34(12-18-40-24-22-38-16-10-33)14-20-42-30(36)26-3-7-28(32)8-4-26/h1-8H,9-24,31-32H2. The number of anilines is 2. The first kappa shape index (κ1) is 33.2. The maximum atomic E-state index is 12.3. The van der Waals surface area contributed by atoms with Crippen molar-refractivity contribution in [2.24, 2.45) is 0 Å². The molecular weight excluding hydrogens is 544 g/mol. The first-order valence-electron chi connectivity index (χ1n) is 14.3. The molecule has 3 rings (SSSR count). The fraction of sp³-hybridized carbons (Fsp3) is 0.533. The quantitative estimate of drug-likeness (QED) is 0.340. The van der Waals surface area contributed by atoms with Crippen LogP contribution in [0.4, 0.5) is 11.4 Å². The second-order valence-corrected chi connectivity index (χ2v) is 9.65. The largest absolute Gasteiger partial charge is 0.461 e. The fourth-order valence-corrected chi connectivity index (χ4v) is 4.03. The van der Waals surface area contributed by atoms with E-state index in [0.717, 1.165) is 0 Å². The summed E-state index contributed by atoms with van der Waals surface area (Å²) in [6.07, 6.45) is 0. The number of hydrogen-bond acceptors (Lipinski definition) is 12. The summed E-state index contributed by atoms with van der Waals surface area (Å²) in [6.45, 7) is 8.27. The van der Waals surface area contributed by atoms with Crippen molar-refractivity contribution >= 4 is 23.3 Å². The Bertz CT molecular complexity index is 935. The van der Waals surface area contributed by atoms with E-state index in [2.05, 4.69) is 9.80 Å². The number of carbonyl (C=O) groups excluding carboxylic acids is 2. The van der Waals surface area contributed by atoms with Crippen molar-refractivity contribution in [3.63, 3.8) is 0 Å². The summed E-state index contributed by atoms with van der Waals surface area (Å²) in [5, 5.41) is 0. The van der Waals surface area contributed by atoms with E-state index in [1.165, 1.54) is 0 Å². The van der Waals surface area contributed by atoms with E-state index in [9.17, 15) is 9.59 Å². The molecule has 4 N–H and O–H groups in total. The van der Waals surface area contributed by atoms with Crippen LogP contribution in [0.5, 0.6) is 0 Å². The second-order valence-electron chi connectivity index (χ2n) is 9.65. The number of ether oxygens (including phenoxy) is 6. The molecule has 1 fully saturated rings. The first-order chi connectivity index (χ1) is 20.5. The number of nitrogen functional groups attached to an aromatic ring is 2. The lowest BCUT2D eigenvalue weighted by molar-refractivity contribution is 0.00180. The molecule has 0 saturated carbocycles. The van der Waals surface area contributed by atoms with E-state index in [1.807, 2.05) is 0 Å². The zero-order chi connectivity index (χ0) is 29.8. The average molecular weight is 589 g/mol. The summed E-state index contributed by atoms with van der Waals surface area (Å²) in [6, 6.07) is 13.3. The number of hydrogen-bond donors (Lipinski definition) is 2. The van der Waals surface area contributed by atoms with Crippen molar-refractivity contribution in [2.45, 2.75) is 0 Å². The van der Waals surface area contributed by atoms with E-state index >= 15 is 0 Å². The normalized spacial score (nSPS) is 17.5. The highest BCUT2D eigenvalue weighted by molar-refractivity contribution is 5.90. The molecule has 42 heavy (non-hydrogen) atoms. The van der Waals surface area contributed by atoms with Gasteiger partial charge in [0.2, 0.25) is 0 Å². The average Bonchev–Trinajstić information content (AvgIpc) is 2.99. The molecule has 2 aromatic carbocycles. The summed E-state index contributed by atoms with van der Waals surface area (Å²) < 4.78 is 33.9. The van der Waals surface area contributed by atoms with Gasteiger partial charge in [-0.1, -0.05) is 0 Å². The smallest absolute Gasteiger partial charge is 0.338 e. The van der Waals surface area contributed by atoms with Crippen molar-refractivity contribution in [1.82, 2.24) is 9.80 Å². The lowest BCUT2D eigenvalue weighted by atomic mass is 10.2. The highest BCUT2D eigenvalue weighted by Gasteiger charge is 2.12. The minimum Gasteiger partial charge on any atom is -0.461 e. The monoisotopic (exact) mass is 588 g/mol. The molecule has 0 aromatic heterocycles. The molecule has 1 aliphatic rings. The Balaban J connectivity index is 1.35. The molecule has 0 amide bonds. The number of nitrogens with zero attached hydrogens (tertiary/aromatic N) is 2. The van der Waals surface area contributed by atoms with Crippen LogP contribution in [0.25, 0.3) is 0 Å². The summed E-state index contributed by atoms with van der Waals surface area (Å²) in [5.74, 6) is -0.758. The third-order valence-corrected chi connectivity index (χ3v) is 6.53. The molecule has 12 nitrogen and oxygen atoms in total. The Morgan fingerprint density at radius 2 is 0.857 bits per heavy atom. The lowest BCUT2D eigenvalue weighted by Gasteiger charge is -2.23. The molecule has 0 spiro atoms. The first-order valence-corrected chi connectivity index (χ1v) is 14.3. The van der Waals surface area contributed by atoms with Gasteiger partial charge in [-0.25, -0.2) is 9.59 Å². The van der Waals surface area contributed by atoms with Crippen LogP contribution in [-0.4, -0.2) is 127 Å². The Morgan fingerprint density at radius 3 is 1.17 bits per heavy atom. The highest BCUT2D eigenvalue weighted by Crippen LogP contribution is 2.08. The zero-order valence-electron chi connectivity index (χ0n) is 24.2. The van der Waals surface area contributed by atoms with Gasteiger partial charge in [-0.05, 0) is 48.5 Å². The van der Waals surface area contributed by atoms with Gasteiger partial charge in [-0.3, -0.25) is 9.80 Å². The van der Waals surface area contributed by atoms with E-state index < -0.39 is 0 Å². The van der Waals surface area contributed by atoms with E-state index in [4.69, 9.17) is 39.9 Å². The van der Waals surface area contributed by atoms with Gasteiger partial charge in [0.05, 0.1) is 64.0 Å². The Morgan fingerprint density at radius 1 is 0.548 bits per heavy atom. The summed E-state index contributed by atoms with van der Waals surface area (Å²) in [5.41, 5.74) is 13.5. The van der Waals surface area contributed by atoms with Crippen LogP contribution in [0, 0.1) is 0 Å².